The Labute approximate surface area is 69.4 Å². The molecule has 0 amide bonds. The first-order valence-corrected chi connectivity index (χ1v) is 4.82. The third kappa shape index (κ3) is 2.39. The lowest BCUT2D eigenvalue weighted by Crippen LogP contribution is -2.50. The topological polar surface area (TPSA) is 23.5 Å². The Morgan fingerprint density at radius 1 is 1.56 bits per heavy atom. The second-order valence-electron chi connectivity index (χ2n) is 2.46. The Bertz CT molecular complexity index is 83.1. The van der Waals surface area contributed by atoms with Gasteiger partial charge in [0.1, 0.15) is 0 Å². The van der Waals surface area contributed by atoms with Gasteiger partial charge in [0.05, 0.1) is 6.10 Å². The van der Waals surface area contributed by atoms with E-state index in [1.165, 1.54) is 17.4 Å². The number of aliphatic hydroxyl groups is 1. The number of alkyl halides is 1. The average Bonchev–Trinajstić information content (AvgIpc) is 1.78. The summed E-state index contributed by atoms with van der Waals surface area (Å²) < 4.78 is 1.23. The molecule has 0 spiro atoms. The summed E-state index contributed by atoms with van der Waals surface area (Å²) in [6.45, 7) is 2.97. The minimum Gasteiger partial charge on any atom is -0.390 e. The first-order chi connectivity index (χ1) is 4.33. The van der Waals surface area contributed by atoms with Crippen LogP contribution in [0, 0.1) is 0 Å². The van der Waals surface area contributed by atoms with Crippen molar-refractivity contribution in [1.82, 2.24) is 4.90 Å². The van der Waals surface area contributed by atoms with Crippen molar-refractivity contribution in [2.45, 2.75) is 12.5 Å². The molecule has 1 N–H and O–H groups in total. The predicted octanol–water partition coefficient (Wildman–Crippen LogP) is 0.488. The molecule has 0 aromatic carbocycles. The summed E-state index contributed by atoms with van der Waals surface area (Å²) in [5, 5.41) is 8.87. The van der Waals surface area contributed by atoms with Crippen LogP contribution in [-0.4, -0.2) is 40.2 Å². The minimum absolute atomic E-state index is 0.0285. The molecule has 1 heterocycles. The number of aliphatic hydroxyl groups excluding tert-OH is 1. The number of β-amino-alcohol motifs (C(OH)–C–C–N with tert-alkyl or cyclic N) is 1. The SMILES string of the molecule is OC1CN(CCCI)C1. The standard InChI is InChI=1S/C6H12INO/c7-2-1-3-8-4-6(9)5-8/h6,9H,1-5H2. The summed E-state index contributed by atoms with van der Waals surface area (Å²) in [5.74, 6) is 0. The van der Waals surface area contributed by atoms with Crippen molar-refractivity contribution in [3.05, 3.63) is 0 Å². The zero-order chi connectivity index (χ0) is 6.69. The van der Waals surface area contributed by atoms with E-state index in [9.17, 15) is 0 Å². The van der Waals surface area contributed by atoms with E-state index in [2.05, 4.69) is 27.5 Å². The Hall–Kier alpha value is 0.650. The summed E-state index contributed by atoms with van der Waals surface area (Å²) >= 11 is 2.38. The van der Waals surface area contributed by atoms with E-state index in [-0.39, 0.29) is 6.10 Å². The van der Waals surface area contributed by atoms with Crippen molar-refractivity contribution < 1.29 is 5.11 Å². The van der Waals surface area contributed by atoms with Crippen LogP contribution in [0.25, 0.3) is 0 Å². The first-order valence-electron chi connectivity index (χ1n) is 3.29. The smallest absolute Gasteiger partial charge is 0.0793 e. The maximum absolute atomic E-state index is 8.87. The summed E-state index contributed by atoms with van der Waals surface area (Å²) in [4.78, 5) is 2.28. The molecular weight excluding hydrogens is 229 g/mol. The van der Waals surface area contributed by atoms with Gasteiger partial charge in [0.25, 0.3) is 0 Å². The van der Waals surface area contributed by atoms with Gasteiger partial charge < -0.3 is 5.11 Å². The molecule has 2 nitrogen and oxygen atoms in total. The summed E-state index contributed by atoms with van der Waals surface area (Å²) in [7, 11) is 0. The fraction of sp³-hybridized carbons (Fsp3) is 1.00. The third-order valence-electron chi connectivity index (χ3n) is 1.55. The van der Waals surface area contributed by atoms with Gasteiger partial charge in [-0.3, -0.25) is 4.90 Å². The minimum atomic E-state index is -0.0285. The van der Waals surface area contributed by atoms with Crippen molar-refractivity contribution in [3.63, 3.8) is 0 Å². The number of rotatable bonds is 3. The van der Waals surface area contributed by atoms with Gasteiger partial charge in [0, 0.05) is 17.5 Å². The van der Waals surface area contributed by atoms with E-state index in [1.54, 1.807) is 0 Å². The van der Waals surface area contributed by atoms with E-state index in [4.69, 9.17) is 5.11 Å². The van der Waals surface area contributed by atoms with Crippen molar-refractivity contribution >= 4 is 22.6 Å². The quantitative estimate of drug-likeness (QED) is 0.574. The molecule has 0 bridgehead atoms. The molecule has 1 rings (SSSR count). The first kappa shape index (κ1) is 7.75. The van der Waals surface area contributed by atoms with Crippen LogP contribution < -0.4 is 0 Å². The molecule has 0 aromatic heterocycles. The monoisotopic (exact) mass is 241 g/mol. The van der Waals surface area contributed by atoms with Crippen molar-refractivity contribution in [2.24, 2.45) is 0 Å². The highest BCUT2D eigenvalue weighted by atomic mass is 127. The van der Waals surface area contributed by atoms with E-state index in [0.29, 0.717) is 0 Å². The molecule has 1 fully saturated rings. The van der Waals surface area contributed by atoms with Gasteiger partial charge in [-0.1, -0.05) is 22.6 Å². The van der Waals surface area contributed by atoms with E-state index >= 15 is 0 Å². The molecule has 0 radical (unpaired) electrons. The predicted molar refractivity (Wildman–Crippen MR) is 46.0 cm³/mol. The van der Waals surface area contributed by atoms with Gasteiger partial charge in [-0.2, -0.15) is 0 Å². The van der Waals surface area contributed by atoms with Crippen LogP contribution in [0.1, 0.15) is 6.42 Å². The molecule has 0 saturated carbocycles. The van der Waals surface area contributed by atoms with Gasteiger partial charge in [0.15, 0.2) is 0 Å². The Morgan fingerprint density at radius 3 is 2.67 bits per heavy atom. The molecule has 1 aliphatic heterocycles. The molecule has 54 valence electrons. The zero-order valence-electron chi connectivity index (χ0n) is 5.39. The fourth-order valence-electron chi connectivity index (χ4n) is 1.01. The van der Waals surface area contributed by atoms with Crippen molar-refractivity contribution in [2.75, 3.05) is 24.1 Å². The second-order valence-corrected chi connectivity index (χ2v) is 3.53. The molecule has 0 aromatic rings. The summed E-state index contributed by atoms with van der Waals surface area (Å²) in [6.07, 6.45) is 1.23. The number of nitrogens with zero attached hydrogens (tertiary/aromatic N) is 1. The lowest BCUT2D eigenvalue weighted by molar-refractivity contribution is 0.00280. The van der Waals surface area contributed by atoms with Crippen LogP contribution in [0.15, 0.2) is 0 Å². The Morgan fingerprint density at radius 2 is 2.22 bits per heavy atom. The van der Waals surface area contributed by atoms with Crippen LogP contribution in [-0.2, 0) is 0 Å². The Kier molecular flexibility index (Phi) is 3.21. The third-order valence-corrected chi connectivity index (χ3v) is 2.31. The second kappa shape index (κ2) is 3.73. The molecule has 9 heavy (non-hydrogen) atoms. The molecule has 1 saturated heterocycles. The van der Waals surface area contributed by atoms with Gasteiger partial charge in [0.2, 0.25) is 0 Å². The van der Waals surface area contributed by atoms with E-state index in [1.807, 2.05) is 0 Å². The molecule has 1 aliphatic rings. The number of hydrogen-bond acceptors (Lipinski definition) is 2. The van der Waals surface area contributed by atoms with Crippen LogP contribution in [0.5, 0.6) is 0 Å². The summed E-state index contributed by atoms with van der Waals surface area (Å²) in [5.41, 5.74) is 0. The van der Waals surface area contributed by atoms with Crippen LogP contribution in [0.2, 0.25) is 0 Å². The lowest BCUT2D eigenvalue weighted by atomic mass is 10.2. The maximum atomic E-state index is 8.87. The van der Waals surface area contributed by atoms with Crippen molar-refractivity contribution in [3.8, 4) is 0 Å². The molecule has 0 unspecified atom stereocenters. The number of likely N-dealkylation sites (tertiary alicyclic amines) is 1. The number of hydrogen-bond donors (Lipinski definition) is 1. The lowest BCUT2D eigenvalue weighted by Gasteiger charge is -2.35. The van der Waals surface area contributed by atoms with Gasteiger partial charge in [-0.15, -0.1) is 0 Å². The molecule has 0 aliphatic carbocycles. The molecule has 3 heteroatoms. The van der Waals surface area contributed by atoms with Gasteiger partial charge in [-0.25, -0.2) is 0 Å². The highest BCUT2D eigenvalue weighted by molar-refractivity contribution is 14.1. The number of halogens is 1. The van der Waals surface area contributed by atoms with Crippen LogP contribution in [0.4, 0.5) is 0 Å². The Balaban J connectivity index is 1.91. The highest BCUT2D eigenvalue weighted by Gasteiger charge is 2.22. The van der Waals surface area contributed by atoms with E-state index in [0.717, 1.165) is 13.1 Å². The maximum Gasteiger partial charge on any atom is 0.0793 e. The molecule has 0 atom stereocenters. The summed E-state index contributed by atoms with van der Waals surface area (Å²) in [6, 6.07) is 0. The average molecular weight is 241 g/mol. The fourth-order valence-corrected chi connectivity index (χ4v) is 1.35. The van der Waals surface area contributed by atoms with Crippen molar-refractivity contribution in [1.29, 1.82) is 0 Å². The zero-order valence-corrected chi connectivity index (χ0v) is 7.54. The normalized spacial score (nSPS) is 22.0. The van der Waals surface area contributed by atoms with Gasteiger partial charge >= 0.3 is 0 Å². The van der Waals surface area contributed by atoms with Crippen LogP contribution in [0.3, 0.4) is 0 Å². The molecular formula is C6H12INO. The highest BCUT2D eigenvalue weighted by Crippen LogP contribution is 2.07. The van der Waals surface area contributed by atoms with Crippen LogP contribution >= 0.6 is 22.6 Å². The van der Waals surface area contributed by atoms with E-state index < -0.39 is 0 Å². The van der Waals surface area contributed by atoms with Gasteiger partial charge in [-0.05, 0) is 13.0 Å². The largest absolute Gasteiger partial charge is 0.390 e.